The molecular weight excluding hydrogens is 226 g/mol. The Labute approximate surface area is 103 Å². The van der Waals surface area contributed by atoms with E-state index in [1.807, 2.05) is 18.2 Å². The molecule has 0 aromatic heterocycles. The normalized spacial score (nSPS) is 14.9. The Hall–Kier alpha value is -0.135. The lowest BCUT2D eigenvalue weighted by atomic mass is 9.60. The van der Waals surface area contributed by atoms with Crippen molar-refractivity contribution in [1.29, 1.82) is 0 Å². The fraction of sp³-hybridized carbons (Fsp3) is 0.500. The molecule has 0 heterocycles. The maximum atomic E-state index is 6.35. The van der Waals surface area contributed by atoms with Crippen LogP contribution in [0.4, 0.5) is 0 Å². The third kappa shape index (κ3) is 2.92. The van der Waals surface area contributed by atoms with Crippen LogP contribution < -0.4 is 0 Å². The van der Waals surface area contributed by atoms with Crippen LogP contribution in [0.15, 0.2) is 18.2 Å². The van der Waals surface area contributed by atoms with E-state index < -0.39 is 0 Å². The van der Waals surface area contributed by atoms with E-state index in [0.717, 1.165) is 24.8 Å². The van der Waals surface area contributed by atoms with Gasteiger partial charge in [0, 0.05) is 0 Å². The Kier molecular flexibility index (Phi) is 4.54. The van der Waals surface area contributed by atoms with Gasteiger partial charge >= 0.3 is 0 Å². The predicted octanol–water partition coefficient (Wildman–Crippen LogP) is 4.57. The zero-order valence-electron chi connectivity index (χ0n) is 9.19. The maximum Gasteiger partial charge on any atom is 0.0810 e. The number of hydrogen-bond donors (Lipinski definition) is 0. The van der Waals surface area contributed by atoms with Crippen molar-refractivity contribution in [2.24, 2.45) is 0 Å². The molecule has 0 aliphatic rings. The first-order valence-corrected chi connectivity index (χ1v) is 6.03. The molecule has 1 rings (SSSR count). The molecule has 2 radical (unpaired) electrons. The summed E-state index contributed by atoms with van der Waals surface area (Å²) in [4.78, 5) is 0. The van der Waals surface area contributed by atoms with Crippen LogP contribution in [0.5, 0.6) is 0 Å². The van der Waals surface area contributed by atoms with Gasteiger partial charge in [0.25, 0.3) is 0 Å². The topological polar surface area (TPSA) is 0 Å². The van der Waals surface area contributed by atoms with Gasteiger partial charge in [0.2, 0.25) is 0 Å². The molecule has 0 N–H and O–H groups in total. The van der Waals surface area contributed by atoms with Gasteiger partial charge in [-0.15, -0.1) is 0 Å². The van der Waals surface area contributed by atoms with Crippen molar-refractivity contribution < 1.29 is 0 Å². The summed E-state index contributed by atoms with van der Waals surface area (Å²) >= 11 is 11.9. The fourth-order valence-corrected chi connectivity index (χ4v) is 2.08. The van der Waals surface area contributed by atoms with Gasteiger partial charge in [-0.05, 0) is 23.0 Å². The van der Waals surface area contributed by atoms with Crippen molar-refractivity contribution in [3.8, 4) is 0 Å². The van der Waals surface area contributed by atoms with Crippen LogP contribution in [0.3, 0.4) is 0 Å². The van der Waals surface area contributed by atoms with Gasteiger partial charge in [-0.25, -0.2) is 0 Å². The Morgan fingerprint density at radius 1 is 1.20 bits per heavy atom. The zero-order valence-corrected chi connectivity index (χ0v) is 10.7. The summed E-state index contributed by atoms with van der Waals surface area (Å²) in [5.41, 5.74) is 1.07. The highest BCUT2D eigenvalue weighted by molar-refractivity contribution is 6.42. The van der Waals surface area contributed by atoms with Gasteiger partial charge in [0.05, 0.1) is 17.9 Å². The fourth-order valence-electron chi connectivity index (χ4n) is 1.78. The Balaban J connectivity index is 3.07. The van der Waals surface area contributed by atoms with E-state index in [0.29, 0.717) is 10.0 Å². The molecule has 3 heteroatoms. The van der Waals surface area contributed by atoms with E-state index in [-0.39, 0.29) is 5.31 Å². The highest BCUT2D eigenvalue weighted by Gasteiger charge is 2.23. The molecule has 1 atom stereocenters. The number of rotatable bonds is 4. The van der Waals surface area contributed by atoms with Crippen LogP contribution in [0.25, 0.3) is 0 Å². The molecule has 0 amide bonds. The zero-order chi connectivity index (χ0) is 11.5. The molecule has 1 aromatic rings. The minimum absolute atomic E-state index is 0.275. The predicted molar refractivity (Wildman–Crippen MR) is 69.1 cm³/mol. The molecule has 1 aromatic carbocycles. The lowest BCUT2D eigenvalue weighted by Crippen LogP contribution is -2.25. The molecule has 0 aliphatic carbocycles. The van der Waals surface area contributed by atoms with Crippen molar-refractivity contribution >= 4 is 31.0 Å². The van der Waals surface area contributed by atoms with Gasteiger partial charge in [-0.3, -0.25) is 0 Å². The number of halogens is 2. The summed E-state index contributed by atoms with van der Waals surface area (Å²) in [6.45, 7) is 4.23. The average Bonchev–Trinajstić information content (AvgIpc) is 2.22. The maximum absolute atomic E-state index is 6.35. The third-order valence-electron chi connectivity index (χ3n) is 2.82. The van der Waals surface area contributed by atoms with Gasteiger partial charge in [-0.2, -0.15) is 0 Å². The molecule has 0 saturated carbocycles. The number of benzene rings is 1. The van der Waals surface area contributed by atoms with Crippen LogP contribution in [0, 0.1) is 0 Å². The smallest absolute Gasteiger partial charge is 0.0810 e. The Morgan fingerprint density at radius 3 is 2.33 bits per heavy atom. The molecular formula is C12H15BCl2. The van der Waals surface area contributed by atoms with E-state index in [1.165, 1.54) is 0 Å². The van der Waals surface area contributed by atoms with Crippen LogP contribution in [-0.4, -0.2) is 7.85 Å². The van der Waals surface area contributed by atoms with Gasteiger partial charge in [-0.1, -0.05) is 62.4 Å². The van der Waals surface area contributed by atoms with Crippen molar-refractivity contribution in [2.75, 3.05) is 0 Å². The van der Waals surface area contributed by atoms with Gasteiger partial charge in [0.15, 0.2) is 0 Å². The summed E-state index contributed by atoms with van der Waals surface area (Å²) in [7, 11) is 6.35. The SMILES string of the molecule is [B]C(CC)(CCC)c1ccc(Cl)c(Cl)c1. The first kappa shape index (κ1) is 12.9. The third-order valence-corrected chi connectivity index (χ3v) is 3.56. The Morgan fingerprint density at radius 2 is 1.87 bits per heavy atom. The molecule has 15 heavy (non-hydrogen) atoms. The minimum Gasteiger partial charge on any atom is -0.0827 e. The van der Waals surface area contributed by atoms with E-state index >= 15 is 0 Å². The van der Waals surface area contributed by atoms with E-state index in [4.69, 9.17) is 31.0 Å². The van der Waals surface area contributed by atoms with E-state index in [9.17, 15) is 0 Å². The highest BCUT2D eigenvalue weighted by Crippen LogP contribution is 2.33. The lowest BCUT2D eigenvalue weighted by molar-refractivity contribution is 0.528. The second kappa shape index (κ2) is 5.27. The van der Waals surface area contributed by atoms with Gasteiger partial charge in [0.1, 0.15) is 0 Å². The van der Waals surface area contributed by atoms with Crippen LogP contribution in [0.1, 0.15) is 38.7 Å². The average molecular weight is 241 g/mol. The summed E-state index contributed by atoms with van der Waals surface area (Å²) < 4.78 is 0. The molecule has 0 bridgehead atoms. The van der Waals surface area contributed by atoms with Crippen molar-refractivity contribution in [1.82, 2.24) is 0 Å². The van der Waals surface area contributed by atoms with Crippen LogP contribution in [-0.2, 0) is 5.31 Å². The lowest BCUT2D eigenvalue weighted by Gasteiger charge is -2.29. The van der Waals surface area contributed by atoms with Crippen molar-refractivity contribution in [2.45, 2.75) is 38.4 Å². The first-order chi connectivity index (χ1) is 7.03. The second-order valence-corrected chi connectivity index (χ2v) is 4.70. The standard InChI is InChI=1S/C12H15BCl2/c1-3-7-12(13,4-2)9-5-6-10(14)11(15)8-9/h5-6,8H,3-4,7H2,1-2H3. The highest BCUT2D eigenvalue weighted by atomic mass is 35.5. The monoisotopic (exact) mass is 240 g/mol. The summed E-state index contributed by atoms with van der Waals surface area (Å²) in [5.74, 6) is 0. The van der Waals surface area contributed by atoms with E-state index in [1.54, 1.807) is 0 Å². The molecule has 80 valence electrons. The molecule has 0 spiro atoms. The summed E-state index contributed by atoms with van der Waals surface area (Å²) in [6, 6.07) is 5.66. The van der Waals surface area contributed by atoms with Crippen LogP contribution >= 0.6 is 23.2 Å². The summed E-state index contributed by atoms with van der Waals surface area (Å²) in [5, 5.41) is 0.882. The number of hydrogen-bond acceptors (Lipinski definition) is 0. The summed E-state index contributed by atoms with van der Waals surface area (Å²) in [6.07, 6.45) is 2.92. The Bertz CT molecular complexity index is 338. The molecule has 0 nitrogen and oxygen atoms in total. The largest absolute Gasteiger partial charge is 0.0827 e. The van der Waals surface area contributed by atoms with Crippen molar-refractivity contribution in [3.05, 3.63) is 33.8 Å². The second-order valence-electron chi connectivity index (χ2n) is 3.89. The molecule has 0 fully saturated rings. The molecule has 1 unspecified atom stereocenters. The van der Waals surface area contributed by atoms with E-state index in [2.05, 4.69) is 13.8 Å². The van der Waals surface area contributed by atoms with Crippen molar-refractivity contribution in [3.63, 3.8) is 0 Å². The molecule has 0 saturated heterocycles. The van der Waals surface area contributed by atoms with Crippen LogP contribution in [0.2, 0.25) is 10.0 Å². The first-order valence-electron chi connectivity index (χ1n) is 5.28. The van der Waals surface area contributed by atoms with Gasteiger partial charge < -0.3 is 0 Å². The minimum atomic E-state index is -0.275. The quantitative estimate of drug-likeness (QED) is 0.677. The molecule has 0 aliphatic heterocycles.